The van der Waals surface area contributed by atoms with E-state index in [1.165, 1.54) is 161 Å². The first kappa shape index (κ1) is 33.9. The minimum atomic E-state index is 1.29. The number of thiophene rings is 2. The monoisotopic (exact) mass is 840 g/mol. The second kappa shape index (κ2) is 12.1. The number of hydrogen-bond acceptors (Lipinski definition) is 2. The third-order valence-corrected chi connectivity index (χ3v) is 17.0. The van der Waals surface area contributed by atoms with Crippen molar-refractivity contribution in [2.75, 3.05) is 0 Å². The van der Waals surface area contributed by atoms with E-state index in [4.69, 9.17) is 0 Å². The van der Waals surface area contributed by atoms with Gasteiger partial charge in [-0.1, -0.05) is 158 Å². The highest BCUT2D eigenvalue weighted by Gasteiger charge is 2.31. The van der Waals surface area contributed by atoms with E-state index in [9.17, 15) is 0 Å². The molecule has 0 aliphatic heterocycles. The Morgan fingerprint density at radius 1 is 0.203 bits per heavy atom. The molecule has 0 unspecified atom stereocenters. The zero-order valence-electron chi connectivity index (χ0n) is 34.3. The predicted octanol–water partition coefficient (Wildman–Crippen LogP) is 18.8. The molecule has 0 amide bonds. The van der Waals surface area contributed by atoms with Crippen LogP contribution in [0, 0.1) is 0 Å². The molecular formula is C62H32S2. The lowest BCUT2D eigenvalue weighted by atomic mass is 9.83. The van der Waals surface area contributed by atoms with Gasteiger partial charge in [0.15, 0.2) is 0 Å². The maximum Gasteiger partial charge on any atom is 0.0361 e. The molecule has 0 bridgehead atoms. The van der Waals surface area contributed by atoms with Gasteiger partial charge in [0.25, 0.3) is 0 Å². The maximum atomic E-state index is 2.53. The van der Waals surface area contributed by atoms with Crippen LogP contribution >= 0.6 is 22.7 Å². The van der Waals surface area contributed by atoms with Gasteiger partial charge >= 0.3 is 0 Å². The number of hydrogen-bond donors (Lipinski definition) is 0. The smallest absolute Gasteiger partial charge is 0.0361 e. The van der Waals surface area contributed by atoms with Gasteiger partial charge in [0, 0.05) is 40.3 Å². The van der Waals surface area contributed by atoms with Crippen molar-refractivity contribution in [2.24, 2.45) is 0 Å². The largest absolute Gasteiger partial charge is 0.135 e. The van der Waals surface area contributed by atoms with E-state index in [1.807, 2.05) is 22.7 Å². The summed E-state index contributed by atoms with van der Waals surface area (Å²) in [5.74, 6) is 0. The van der Waals surface area contributed by atoms with Gasteiger partial charge in [0.2, 0.25) is 0 Å². The summed E-state index contributed by atoms with van der Waals surface area (Å²) < 4.78 is 5.32. The summed E-state index contributed by atoms with van der Waals surface area (Å²) in [5, 5.41) is 18.4. The van der Waals surface area contributed by atoms with Crippen molar-refractivity contribution in [3.63, 3.8) is 0 Å². The highest BCUT2D eigenvalue weighted by molar-refractivity contribution is 7.26. The van der Waals surface area contributed by atoms with E-state index in [0.29, 0.717) is 0 Å². The average Bonchev–Trinajstić information content (AvgIpc) is 4.10. The molecule has 16 rings (SSSR count). The van der Waals surface area contributed by atoms with Gasteiger partial charge in [-0.15, -0.1) is 22.7 Å². The highest BCUT2D eigenvalue weighted by atomic mass is 32.1. The molecule has 64 heavy (non-hydrogen) atoms. The summed E-state index contributed by atoms with van der Waals surface area (Å²) in [7, 11) is 0. The van der Waals surface area contributed by atoms with Crippen LogP contribution in [0.3, 0.4) is 0 Å². The second-order valence-electron chi connectivity index (χ2n) is 17.7. The van der Waals surface area contributed by atoms with Crippen LogP contribution in [0.25, 0.3) is 161 Å². The number of benzene rings is 12. The lowest BCUT2D eigenvalue weighted by molar-refractivity contribution is 1.70. The van der Waals surface area contributed by atoms with Crippen LogP contribution in [-0.2, 0) is 0 Å². The van der Waals surface area contributed by atoms with Crippen LogP contribution in [0.2, 0.25) is 0 Å². The molecule has 0 fully saturated rings. The van der Waals surface area contributed by atoms with E-state index >= 15 is 0 Å². The third kappa shape index (κ3) is 4.19. The molecule has 0 atom stereocenters. The number of fused-ring (bicyclic) bond motifs is 17. The van der Waals surface area contributed by atoms with E-state index in [1.54, 1.807) is 0 Å². The molecule has 292 valence electrons. The fraction of sp³-hybridized carbons (Fsp3) is 0. The molecule has 0 spiro atoms. The second-order valence-corrected chi connectivity index (χ2v) is 19.9. The molecule has 0 nitrogen and oxygen atoms in total. The van der Waals surface area contributed by atoms with Crippen molar-refractivity contribution in [3.8, 4) is 66.8 Å². The quantitative estimate of drug-likeness (QED) is 0.152. The summed E-state index contributed by atoms with van der Waals surface area (Å²) in [4.78, 5) is 0. The summed E-state index contributed by atoms with van der Waals surface area (Å²) in [6.07, 6.45) is 0. The molecule has 2 aliphatic rings. The molecule has 0 radical (unpaired) electrons. The zero-order chi connectivity index (χ0) is 41.4. The summed E-state index contributed by atoms with van der Waals surface area (Å²) in [5.41, 5.74) is 16.0. The number of rotatable bonds is 2. The van der Waals surface area contributed by atoms with Crippen LogP contribution in [0.15, 0.2) is 194 Å². The van der Waals surface area contributed by atoms with E-state index < -0.39 is 0 Å². The van der Waals surface area contributed by atoms with Gasteiger partial charge in [0.1, 0.15) is 0 Å². The Hall–Kier alpha value is -7.62. The molecule has 2 aromatic heterocycles. The Morgan fingerprint density at radius 2 is 0.562 bits per heavy atom. The fourth-order valence-electron chi connectivity index (χ4n) is 12.2. The summed E-state index contributed by atoms with van der Waals surface area (Å²) >= 11 is 3.80. The molecular weight excluding hydrogens is 809 g/mol. The van der Waals surface area contributed by atoms with Crippen molar-refractivity contribution in [3.05, 3.63) is 194 Å². The van der Waals surface area contributed by atoms with E-state index in [-0.39, 0.29) is 0 Å². The topological polar surface area (TPSA) is 0 Å². The van der Waals surface area contributed by atoms with E-state index in [0.717, 1.165) is 0 Å². The van der Waals surface area contributed by atoms with Gasteiger partial charge in [-0.25, -0.2) is 0 Å². The lowest BCUT2D eigenvalue weighted by Gasteiger charge is -2.20. The first-order chi connectivity index (χ1) is 31.8. The van der Waals surface area contributed by atoms with E-state index in [2.05, 4.69) is 194 Å². The Bertz CT molecular complexity index is 4180. The van der Waals surface area contributed by atoms with Gasteiger partial charge in [0.05, 0.1) is 0 Å². The molecule has 2 heterocycles. The standard InChI is InChI=1S/C62H32S2/c1-3-23-51-41(15-1)57-45(21-9-25-53(57)63-51)59-39-29-27-36-35(47(39)31-49-37-17-5-11-33-13-7-19-43(55(33)37)61(49)59)28-30-40-48(36)32-50-38-18-6-12-34-14-8-20-44(56(34)38)62(50)60(40)46-22-10-26-54-58(46)42-16-2-4-24-52(42)64-54/h1-32H. The zero-order valence-corrected chi connectivity index (χ0v) is 35.9. The third-order valence-electron chi connectivity index (χ3n) is 14.7. The molecule has 2 aliphatic carbocycles. The molecule has 0 N–H and O–H groups in total. The normalized spacial score (nSPS) is 12.7. The van der Waals surface area contributed by atoms with Crippen molar-refractivity contribution < 1.29 is 0 Å². The molecule has 0 saturated carbocycles. The van der Waals surface area contributed by atoms with Gasteiger partial charge < -0.3 is 0 Å². The Balaban J connectivity index is 1.08. The van der Waals surface area contributed by atoms with Crippen molar-refractivity contribution in [1.29, 1.82) is 0 Å². The Morgan fingerprint density at radius 3 is 1.02 bits per heavy atom. The first-order valence-corrected chi connectivity index (χ1v) is 23.8. The van der Waals surface area contributed by atoms with Crippen molar-refractivity contribution >= 4 is 117 Å². The molecule has 12 aromatic carbocycles. The fourth-order valence-corrected chi connectivity index (χ4v) is 14.5. The van der Waals surface area contributed by atoms with Crippen LogP contribution in [0.4, 0.5) is 0 Å². The molecule has 14 aromatic rings. The average molecular weight is 841 g/mol. The minimum Gasteiger partial charge on any atom is -0.135 e. The maximum absolute atomic E-state index is 2.53. The minimum absolute atomic E-state index is 1.29. The Kier molecular flexibility index (Phi) is 6.41. The summed E-state index contributed by atoms with van der Waals surface area (Å²) in [6.45, 7) is 0. The van der Waals surface area contributed by atoms with Gasteiger partial charge in [-0.2, -0.15) is 0 Å². The molecule has 0 saturated heterocycles. The van der Waals surface area contributed by atoms with Gasteiger partial charge in [-0.05, 0) is 157 Å². The van der Waals surface area contributed by atoms with Crippen LogP contribution in [0.5, 0.6) is 0 Å². The van der Waals surface area contributed by atoms with Crippen LogP contribution in [0.1, 0.15) is 0 Å². The van der Waals surface area contributed by atoms with Gasteiger partial charge in [-0.3, -0.25) is 0 Å². The van der Waals surface area contributed by atoms with Crippen LogP contribution < -0.4 is 0 Å². The lowest BCUT2D eigenvalue weighted by Crippen LogP contribution is -1.93. The highest BCUT2D eigenvalue weighted by Crippen LogP contribution is 2.58. The molecule has 2 heteroatoms. The van der Waals surface area contributed by atoms with Crippen molar-refractivity contribution in [2.45, 2.75) is 0 Å². The van der Waals surface area contributed by atoms with Crippen LogP contribution in [-0.4, -0.2) is 0 Å². The first-order valence-electron chi connectivity index (χ1n) is 22.2. The SMILES string of the molecule is c1cc2c3c(cccc3c1)-c1c-2cc2c(ccc3c4cc5c(c(-c6cccc7sc8ccccc8c67)c4ccc23)-c2cccc3cccc-5c23)c1-c1cccc2sc3ccccc3c12. The van der Waals surface area contributed by atoms with Crippen molar-refractivity contribution in [1.82, 2.24) is 0 Å². The summed E-state index contributed by atoms with van der Waals surface area (Å²) in [6, 6.07) is 74.2. The predicted molar refractivity (Wildman–Crippen MR) is 279 cm³/mol. The Labute approximate surface area is 375 Å².